The average Bonchev–Trinajstić information content (AvgIpc) is 2.89. The number of para-hydroxylation sites is 1. The standard InChI is InChI=1S/C19H12ClN3/c1-11-18(15-9-12(10-21)5-6-17(15)23-11)13-7-8-22-19-14(13)3-2-4-16(19)20/h2-9,23H,1H3. The van der Waals surface area contributed by atoms with E-state index in [1.807, 2.05) is 49.4 Å². The molecule has 4 heteroatoms. The van der Waals surface area contributed by atoms with Gasteiger partial charge in [-0.15, -0.1) is 0 Å². The molecule has 0 fully saturated rings. The molecule has 0 radical (unpaired) electrons. The molecule has 4 rings (SSSR count). The van der Waals surface area contributed by atoms with Crippen molar-refractivity contribution in [1.82, 2.24) is 9.97 Å². The lowest BCUT2D eigenvalue weighted by Gasteiger charge is -2.08. The highest BCUT2D eigenvalue weighted by atomic mass is 35.5. The van der Waals surface area contributed by atoms with Crippen molar-refractivity contribution in [3.8, 4) is 17.2 Å². The van der Waals surface area contributed by atoms with E-state index in [0.29, 0.717) is 10.6 Å². The maximum atomic E-state index is 9.19. The van der Waals surface area contributed by atoms with Gasteiger partial charge < -0.3 is 4.98 Å². The van der Waals surface area contributed by atoms with Gasteiger partial charge in [0.15, 0.2) is 0 Å². The number of aryl methyl sites for hydroxylation is 1. The number of halogens is 1. The number of nitrogens with zero attached hydrogens (tertiary/aromatic N) is 2. The average molecular weight is 318 g/mol. The monoisotopic (exact) mass is 317 g/mol. The number of hydrogen-bond donors (Lipinski definition) is 1. The molecule has 23 heavy (non-hydrogen) atoms. The zero-order valence-corrected chi connectivity index (χ0v) is 13.1. The van der Waals surface area contributed by atoms with Crippen LogP contribution in [0.1, 0.15) is 11.3 Å². The molecule has 0 aliphatic rings. The Hall–Kier alpha value is -2.83. The van der Waals surface area contributed by atoms with Gasteiger partial charge in [-0.1, -0.05) is 23.7 Å². The van der Waals surface area contributed by atoms with Crippen LogP contribution in [0.15, 0.2) is 48.7 Å². The summed E-state index contributed by atoms with van der Waals surface area (Å²) in [6, 6.07) is 15.7. The van der Waals surface area contributed by atoms with E-state index in [0.717, 1.165) is 38.6 Å². The molecule has 0 saturated heterocycles. The third-order valence-electron chi connectivity index (χ3n) is 4.11. The van der Waals surface area contributed by atoms with Crippen molar-refractivity contribution >= 4 is 33.4 Å². The first-order valence-electron chi connectivity index (χ1n) is 7.25. The lowest BCUT2D eigenvalue weighted by Crippen LogP contribution is -1.86. The number of hydrogen-bond acceptors (Lipinski definition) is 2. The van der Waals surface area contributed by atoms with Gasteiger partial charge in [-0.05, 0) is 42.8 Å². The first-order valence-corrected chi connectivity index (χ1v) is 7.63. The Balaban J connectivity index is 2.13. The molecule has 0 atom stereocenters. The van der Waals surface area contributed by atoms with E-state index in [-0.39, 0.29) is 0 Å². The van der Waals surface area contributed by atoms with Gasteiger partial charge in [0.1, 0.15) is 0 Å². The quantitative estimate of drug-likeness (QED) is 0.523. The van der Waals surface area contributed by atoms with Crippen molar-refractivity contribution in [3.05, 3.63) is 64.9 Å². The van der Waals surface area contributed by atoms with Crippen LogP contribution in [0.3, 0.4) is 0 Å². The number of H-pyrrole nitrogens is 1. The molecular formula is C19H12ClN3. The molecule has 110 valence electrons. The van der Waals surface area contributed by atoms with Gasteiger partial charge in [0.05, 0.1) is 22.2 Å². The summed E-state index contributed by atoms with van der Waals surface area (Å²) in [4.78, 5) is 7.79. The molecule has 2 heterocycles. The topological polar surface area (TPSA) is 52.5 Å². The molecule has 0 saturated carbocycles. The molecule has 0 spiro atoms. The van der Waals surface area contributed by atoms with Crippen LogP contribution in [0.4, 0.5) is 0 Å². The van der Waals surface area contributed by atoms with Gasteiger partial charge in [0, 0.05) is 33.7 Å². The normalized spacial score (nSPS) is 11.0. The highest BCUT2D eigenvalue weighted by molar-refractivity contribution is 6.35. The van der Waals surface area contributed by atoms with Gasteiger partial charge in [0.25, 0.3) is 0 Å². The minimum absolute atomic E-state index is 0.638. The number of rotatable bonds is 1. The number of aromatic amines is 1. The van der Waals surface area contributed by atoms with E-state index in [9.17, 15) is 5.26 Å². The minimum atomic E-state index is 0.638. The number of nitriles is 1. The smallest absolute Gasteiger partial charge is 0.0991 e. The number of fused-ring (bicyclic) bond motifs is 2. The van der Waals surface area contributed by atoms with Crippen LogP contribution in [0, 0.1) is 18.3 Å². The van der Waals surface area contributed by atoms with E-state index < -0.39 is 0 Å². The molecule has 0 unspecified atom stereocenters. The Morgan fingerprint density at radius 3 is 2.83 bits per heavy atom. The van der Waals surface area contributed by atoms with Crippen LogP contribution >= 0.6 is 11.6 Å². The van der Waals surface area contributed by atoms with Gasteiger partial charge in [-0.3, -0.25) is 4.98 Å². The molecule has 4 aromatic rings. The summed E-state index contributed by atoms with van der Waals surface area (Å²) in [6.07, 6.45) is 1.77. The summed E-state index contributed by atoms with van der Waals surface area (Å²) in [5.74, 6) is 0. The summed E-state index contributed by atoms with van der Waals surface area (Å²) in [5, 5.41) is 11.9. The summed E-state index contributed by atoms with van der Waals surface area (Å²) >= 11 is 6.28. The summed E-state index contributed by atoms with van der Waals surface area (Å²) in [6.45, 7) is 2.04. The van der Waals surface area contributed by atoms with Gasteiger partial charge >= 0.3 is 0 Å². The lowest BCUT2D eigenvalue weighted by molar-refractivity contribution is 1.30. The summed E-state index contributed by atoms with van der Waals surface area (Å²) in [7, 11) is 0. The van der Waals surface area contributed by atoms with Crippen molar-refractivity contribution in [2.75, 3.05) is 0 Å². The molecule has 0 aliphatic carbocycles. The fourth-order valence-corrected chi connectivity index (χ4v) is 3.32. The van der Waals surface area contributed by atoms with Crippen LogP contribution in [-0.2, 0) is 0 Å². The second-order valence-electron chi connectivity index (χ2n) is 5.49. The van der Waals surface area contributed by atoms with Crippen LogP contribution in [-0.4, -0.2) is 9.97 Å². The van der Waals surface area contributed by atoms with E-state index in [2.05, 4.69) is 16.0 Å². The third kappa shape index (κ3) is 2.08. The predicted molar refractivity (Wildman–Crippen MR) is 93.5 cm³/mol. The molecule has 0 bridgehead atoms. The van der Waals surface area contributed by atoms with E-state index in [4.69, 9.17) is 11.6 Å². The first kappa shape index (κ1) is 13.8. The Bertz CT molecular complexity index is 1100. The Kier molecular flexibility index (Phi) is 3.07. The van der Waals surface area contributed by atoms with E-state index in [1.165, 1.54) is 0 Å². The second kappa shape index (κ2) is 5.12. The predicted octanol–water partition coefficient (Wildman–Crippen LogP) is 5.22. The summed E-state index contributed by atoms with van der Waals surface area (Å²) in [5.41, 5.74) is 5.67. The zero-order valence-electron chi connectivity index (χ0n) is 12.4. The van der Waals surface area contributed by atoms with Crippen LogP contribution < -0.4 is 0 Å². The highest BCUT2D eigenvalue weighted by Crippen LogP contribution is 2.37. The van der Waals surface area contributed by atoms with Crippen molar-refractivity contribution in [1.29, 1.82) is 5.26 Å². The fourth-order valence-electron chi connectivity index (χ4n) is 3.10. The van der Waals surface area contributed by atoms with Crippen LogP contribution in [0.25, 0.3) is 32.9 Å². The maximum absolute atomic E-state index is 9.19. The maximum Gasteiger partial charge on any atom is 0.0991 e. The minimum Gasteiger partial charge on any atom is -0.358 e. The van der Waals surface area contributed by atoms with Gasteiger partial charge in [-0.2, -0.15) is 5.26 Å². The third-order valence-corrected chi connectivity index (χ3v) is 4.41. The van der Waals surface area contributed by atoms with Gasteiger partial charge in [0.2, 0.25) is 0 Å². The van der Waals surface area contributed by atoms with Crippen LogP contribution in [0.2, 0.25) is 5.02 Å². The van der Waals surface area contributed by atoms with Crippen molar-refractivity contribution in [2.45, 2.75) is 6.92 Å². The Morgan fingerprint density at radius 2 is 2.00 bits per heavy atom. The first-order chi connectivity index (χ1) is 11.2. The second-order valence-corrected chi connectivity index (χ2v) is 5.90. The number of pyridine rings is 1. The fraction of sp³-hybridized carbons (Fsp3) is 0.0526. The molecule has 0 aliphatic heterocycles. The largest absolute Gasteiger partial charge is 0.358 e. The Labute approximate surface area is 138 Å². The number of benzene rings is 2. The molecule has 0 amide bonds. The number of aromatic nitrogens is 2. The summed E-state index contributed by atoms with van der Waals surface area (Å²) < 4.78 is 0. The SMILES string of the molecule is Cc1[nH]c2ccc(C#N)cc2c1-c1ccnc2c(Cl)cccc12. The van der Waals surface area contributed by atoms with Crippen LogP contribution in [0.5, 0.6) is 0 Å². The highest BCUT2D eigenvalue weighted by Gasteiger charge is 2.14. The number of nitrogens with one attached hydrogen (secondary N) is 1. The van der Waals surface area contributed by atoms with E-state index >= 15 is 0 Å². The molecule has 2 aromatic heterocycles. The molecule has 1 N–H and O–H groups in total. The van der Waals surface area contributed by atoms with Crippen molar-refractivity contribution in [2.24, 2.45) is 0 Å². The van der Waals surface area contributed by atoms with Crippen molar-refractivity contribution in [3.63, 3.8) is 0 Å². The molecule has 3 nitrogen and oxygen atoms in total. The van der Waals surface area contributed by atoms with Gasteiger partial charge in [-0.25, -0.2) is 0 Å². The van der Waals surface area contributed by atoms with Crippen molar-refractivity contribution < 1.29 is 0 Å². The Morgan fingerprint density at radius 1 is 1.13 bits per heavy atom. The molecule has 2 aromatic carbocycles. The van der Waals surface area contributed by atoms with E-state index in [1.54, 1.807) is 6.20 Å². The molecular weight excluding hydrogens is 306 g/mol. The lowest BCUT2D eigenvalue weighted by atomic mass is 9.98. The zero-order chi connectivity index (χ0) is 16.0.